The zero-order valence-electron chi connectivity index (χ0n) is 13.4. The van der Waals surface area contributed by atoms with Crippen LogP contribution in [-0.2, 0) is 23.8 Å². The molecule has 7 heteroatoms. The van der Waals surface area contributed by atoms with E-state index in [1.54, 1.807) is 11.0 Å². The number of nitrogens with zero attached hydrogens (tertiary/aromatic N) is 1. The average Bonchev–Trinajstić information content (AvgIpc) is 2.52. The van der Waals surface area contributed by atoms with Gasteiger partial charge in [0.05, 0.1) is 37.1 Å². The van der Waals surface area contributed by atoms with Crippen LogP contribution in [0.3, 0.4) is 0 Å². The number of hydrogen-bond acceptors (Lipinski definition) is 6. The van der Waals surface area contributed by atoms with E-state index >= 15 is 0 Å². The second-order valence-electron chi connectivity index (χ2n) is 5.13. The van der Waals surface area contributed by atoms with E-state index in [0.717, 1.165) is 11.1 Å². The lowest BCUT2D eigenvalue weighted by molar-refractivity contribution is -0.140. The molecular formula is C16H18ClNO5. The van der Waals surface area contributed by atoms with Gasteiger partial charge in [0, 0.05) is 0 Å². The molecule has 23 heavy (non-hydrogen) atoms. The third-order valence-electron chi connectivity index (χ3n) is 3.50. The largest absolute Gasteiger partial charge is 0.466 e. The molecule has 0 spiro atoms. The molecule has 0 aliphatic carbocycles. The number of anilines is 1. The second kappa shape index (κ2) is 7.02. The Bertz CT molecular complexity index is 660. The third-order valence-corrected chi connectivity index (χ3v) is 3.79. The molecule has 0 saturated carbocycles. The number of benzene rings is 1. The minimum atomic E-state index is -0.648. The van der Waals surface area contributed by atoms with Crippen LogP contribution >= 0.6 is 11.6 Å². The van der Waals surface area contributed by atoms with Crippen LogP contribution in [0.1, 0.15) is 11.1 Å². The molecule has 0 radical (unpaired) electrons. The van der Waals surface area contributed by atoms with Gasteiger partial charge >= 0.3 is 11.9 Å². The minimum absolute atomic E-state index is 0.0316. The second-order valence-corrected chi connectivity index (χ2v) is 5.54. The van der Waals surface area contributed by atoms with Gasteiger partial charge in [0.15, 0.2) is 0 Å². The van der Waals surface area contributed by atoms with Crippen molar-refractivity contribution in [1.29, 1.82) is 0 Å². The van der Waals surface area contributed by atoms with Gasteiger partial charge in [0.25, 0.3) is 0 Å². The molecule has 0 saturated heterocycles. The van der Waals surface area contributed by atoms with Crippen molar-refractivity contribution in [3.05, 3.63) is 39.6 Å². The molecule has 1 aromatic carbocycles. The molecule has 124 valence electrons. The number of aryl methyl sites for hydroxylation is 2. The first-order valence-corrected chi connectivity index (χ1v) is 7.30. The van der Waals surface area contributed by atoms with E-state index in [4.69, 9.17) is 25.8 Å². The predicted molar refractivity (Wildman–Crippen MR) is 85.3 cm³/mol. The number of rotatable bonds is 3. The summed E-state index contributed by atoms with van der Waals surface area (Å²) < 4.78 is 15.0. The Morgan fingerprint density at radius 3 is 2.39 bits per heavy atom. The van der Waals surface area contributed by atoms with Gasteiger partial charge in [-0.25, -0.2) is 9.59 Å². The molecule has 0 amide bonds. The van der Waals surface area contributed by atoms with Crippen LogP contribution in [-0.4, -0.2) is 39.5 Å². The number of halogens is 1. The first kappa shape index (κ1) is 17.3. The van der Waals surface area contributed by atoms with Crippen LogP contribution in [0.2, 0.25) is 5.02 Å². The van der Waals surface area contributed by atoms with Crippen molar-refractivity contribution in [3.63, 3.8) is 0 Å². The SMILES string of the molecule is COC(=O)C1=C(C(=O)OC)N(c2c(C)cc(C)cc2Cl)COC1. The number of carbonyl (C=O) groups excluding carboxylic acids is 2. The molecular weight excluding hydrogens is 322 g/mol. The average molecular weight is 340 g/mol. The van der Waals surface area contributed by atoms with E-state index in [9.17, 15) is 9.59 Å². The van der Waals surface area contributed by atoms with E-state index in [-0.39, 0.29) is 24.6 Å². The van der Waals surface area contributed by atoms with Gasteiger partial charge in [0.2, 0.25) is 0 Å². The number of methoxy groups -OCH3 is 2. The Balaban J connectivity index is 2.65. The molecule has 0 unspecified atom stereocenters. The Hall–Kier alpha value is -2.05. The zero-order valence-corrected chi connectivity index (χ0v) is 14.2. The summed E-state index contributed by atoms with van der Waals surface area (Å²) in [5.41, 5.74) is 2.62. The fourth-order valence-corrected chi connectivity index (χ4v) is 2.99. The highest BCUT2D eigenvalue weighted by Crippen LogP contribution is 2.35. The molecule has 0 bridgehead atoms. The highest BCUT2D eigenvalue weighted by atomic mass is 35.5. The van der Waals surface area contributed by atoms with Gasteiger partial charge in [-0.1, -0.05) is 17.7 Å². The first-order chi connectivity index (χ1) is 10.9. The Kier molecular flexibility index (Phi) is 5.28. The summed E-state index contributed by atoms with van der Waals surface area (Å²) in [4.78, 5) is 25.8. The maximum Gasteiger partial charge on any atom is 0.355 e. The van der Waals surface area contributed by atoms with Crippen molar-refractivity contribution in [2.45, 2.75) is 13.8 Å². The van der Waals surface area contributed by atoms with Gasteiger partial charge in [0.1, 0.15) is 12.4 Å². The van der Waals surface area contributed by atoms with E-state index in [1.165, 1.54) is 14.2 Å². The normalized spacial score (nSPS) is 14.7. The van der Waals surface area contributed by atoms with Gasteiger partial charge in [-0.3, -0.25) is 0 Å². The minimum Gasteiger partial charge on any atom is -0.466 e. The first-order valence-electron chi connectivity index (χ1n) is 6.92. The van der Waals surface area contributed by atoms with Crippen LogP contribution in [0.25, 0.3) is 0 Å². The van der Waals surface area contributed by atoms with Gasteiger partial charge in [-0.05, 0) is 31.0 Å². The van der Waals surface area contributed by atoms with Crippen molar-refractivity contribution in [1.82, 2.24) is 0 Å². The molecule has 1 aliphatic rings. The lowest BCUT2D eigenvalue weighted by atomic mass is 10.1. The van der Waals surface area contributed by atoms with E-state index < -0.39 is 11.9 Å². The van der Waals surface area contributed by atoms with Crippen molar-refractivity contribution in [2.75, 3.05) is 32.5 Å². The topological polar surface area (TPSA) is 65.1 Å². The Labute approximate surface area is 139 Å². The Morgan fingerprint density at radius 2 is 1.83 bits per heavy atom. The van der Waals surface area contributed by atoms with E-state index in [1.807, 2.05) is 19.9 Å². The fraction of sp³-hybridized carbons (Fsp3) is 0.375. The summed E-state index contributed by atoms with van der Waals surface area (Å²) in [5, 5.41) is 0.457. The van der Waals surface area contributed by atoms with Crippen molar-refractivity contribution in [3.8, 4) is 0 Å². The smallest absolute Gasteiger partial charge is 0.355 e. The molecule has 0 N–H and O–H groups in total. The third kappa shape index (κ3) is 3.33. The Morgan fingerprint density at radius 1 is 1.17 bits per heavy atom. The van der Waals surface area contributed by atoms with Crippen molar-refractivity contribution < 1.29 is 23.8 Å². The molecule has 1 heterocycles. The standard InChI is InChI=1S/C16H18ClNO5/c1-9-5-10(2)13(12(17)6-9)18-8-23-7-11(15(19)21-3)14(18)16(20)22-4/h5-6H,7-8H2,1-4H3. The molecule has 6 nitrogen and oxygen atoms in total. The lowest BCUT2D eigenvalue weighted by Gasteiger charge is -2.33. The van der Waals surface area contributed by atoms with Crippen LogP contribution in [0.15, 0.2) is 23.4 Å². The molecule has 2 rings (SSSR count). The van der Waals surface area contributed by atoms with Crippen LogP contribution in [0.4, 0.5) is 5.69 Å². The molecule has 0 atom stereocenters. The number of carbonyl (C=O) groups is 2. The summed E-state index contributed by atoms with van der Waals surface area (Å²) in [6, 6.07) is 3.72. The maximum atomic E-state index is 12.2. The summed E-state index contributed by atoms with van der Waals surface area (Å²) in [6.07, 6.45) is 0. The molecule has 0 fully saturated rings. The summed E-state index contributed by atoms with van der Waals surface area (Å²) in [6.45, 7) is 3.84. The molecule has 1 aliphatic heterocycles. The number of esters is 2. The van der Waals surface area contributed by atoms with Gasteiger partial charge < -0.3 is 19.1 Å². The summed E-state index contributed by atoms with van der Waals surface area (Å²) in [7, 11) is 2.49. The number of ether oxygens (including phenoxy) is 3. The van der Waals surface area contributed by atoms with E-state index in [0.29, 0.717) is 10.7 Å². The number of hydrogen-bond donors (Lipinski definition) is 0. The monoisotopic (exact) mass is 339 g/mol. The highest BCUT2D eigenvalue weighted by Gasteiger charge is 2.33. The predicted octanol–water partition coefficient (Wildman–Crippen LogP) is 2.35. The molecule has 0 aromatic heterocycles. The van der Waals surface area contributed by atoms with Crippen molar-refractivity contribution >= 4 is 29.2 Å². The lowest BCUT2D eigenvalue weighted by Crippen LogP contribution is -2.39. The highest BCUT2D eigenvalue weighted by molar-refractivity contribution is 6.33. The van der Waals surface area contributed by atoms with Gasteiger partial charge in [-0.15, -0.1) is 0 Å². The molecule has 1 aromatic rings. The maximum absolute atomic E-state index is 12.2. The quantitative estimate of drug-likeness (QED) is 0.788. The van der Waals surface area contributed by atoms with Crippen LogP contribution in [0.5, 0.6) is 0 Å². The zero-order chi connectivity index (χ0) is 17.1. The van der Waals surface area contributed by atoms with Crippen LogP contribution < -0.4 is 4.90 Å². The van der Waals surface area contributed by atoms with Crippen LogP contribution in [0, 0.1) is 13.8 Å². The van der Waals surface area contributed by atoms with Gasteiger partial charge in [-0.2, -0.15) is 0 Å². The fourth-order valence-electron chi connectivity index (χ4n) is 2.57. The van der Waals surface area contributed by atoms with E-state index in [2.05, 4.69) is 0 Å². The summed E-state index contributed by atoms with van der Waals surface area (Å²) in [5.74, 6) is -1.29. The summed E-state index contributed by atoms with van der Waals surface area (Å²) >= 11 is 6.35. The van der Waals surface area contributed by atoms with Crippen molar-refractivity contribution in [2.24, 2.45) is 0 Å².